The molecule has 0 spiro atoms. The summed E-state index contributed by atoms with van der Waals surface area (Å²) in [6, 6.07) is 6.11. The second-order valence-electron chi connectivity index (χ2n) is 7.70. The number of aryl methyl sites for hydroxylation is 2. The average molecular weight is 399 g/mol. The molecule has 29 heavy (non-hydrogen) atoms. The lowest BCUT2D eigenvalue weighted by Gasteiger charge is -2.22. The lowest BCUT2D eigenvalue weighted by molar-refractivity contribution is 0.0277. The molecule has 7 nitrogen and oxygen atoms in total. The van der Waals surface area contributed by atoms with Gasteiger partial charge in [-0.25, -0.2) is 9.67 Å². The van der Waals surface area contributed by atoms with Crippen LogP contribution in [0, 0.1) is 13.8 Å². The molecule has 2 heterocycles. The van der Waals surface area contributed by atoms with Gasteiger partial charge in [0.2, 0.25) is 0 Å². The molecule has 2 N–H and O–H groups in total. The van der Waals surface area contributed by atoms with Gasteiger partial charge in [-0.1, -0.05) is 25.3 Å². The summed E-state index contributed by atoms with van der Waals surface area (Å²) in [5.41, 5.74) is 3.17. The predicted octanol–water partition coefficient (Wildman–Crippen LogP) is 3.29. The normalized spacial score (nSPS) is 15.5. The summed E-state index contributed by atoms with van der Waals surface area (Å²) < 4.78 is 7.83. The number of aliphatic imine (C=N–C) groups is 1. The molecule has 0 atom stereocenters. The largest absolute Gasteiger partial charge is 0.378 e. The Kier molecular flexibility index (Phi) is 8.04. The molecule has 1 aliphatic rings. The van der Waals surface area contributed by atoms with Crippen LogP contribution in [0.2, 0.25) is 0 Å². The van der Waals surface area contributed by atoms with Crippen LogP contribution in [0.3, 0.4) is 0 Å². The van der Waals surface area contributed by atoms with Gasteiger partial charge in [0.15, 0.2) is 11.8 Å². The Morgan fingerprint density at radius 1 is 1.21 bits per heavy atom. The van der Waals surface area contributed by atoms with Crippen LogP contribution in [0.15, 0.2) is 29.4 Å². The molecule has 3 rings (SSSR count). The summed E-state index contributed by atoms with van der Waals surface area (Å²) in [6.45, 7) is 6.35. The van der Waals surface area contributed by atoms with Gasteiger partial charge in [-0.05, 0) is 50.8 Å². The maximum absolute atomic E-state index is 5.97. The third kappa shape index (κ3) is 6.56. The Labute approximate surface area is 174 Å². The summed E-state index contributed by atoms with van der Waals surface area (Å²) in [4.78, 5) is 8.83. The molecule has 0 aliphatic heterocycles. The summed E-state index contributed by atoms with van der Waals surface area (Å²) >= 11 is 0. The highest BCUT2D eigenvalue weighted by atomic mass is 16.5. The van der Waals surface area contributed by atoms with Crippen molar-refractivity contribution in [2.45, 2.75) is 65.0 Å². The predicted molar refractivity (Wildman–Crippen MR) is 116 cm³/mol. The van der Waals surface area contributed by atoms with Crippen molar-refractivity contribution in [2.24, 2.45) is 4.99 Å². The van der Waals surface area contributed by atoms with Crippen LogP contribution in [0.25, 0.3) is 5.82 Å². The van der Waals surface area contributed by atoms with Gasteiger partial charge < -0.3 is 15.4 Å². The van der Waals surface area contributed by atoms with Gasteiger partial charge in [0.05, 0.1) is 11.8 Å². The van der Waals surface area contributed by atoms with E-state index in [1.807, 2.05) is 36.9 Å². The lowest BCUT2D eigenvalue weighted by atomic mass is 9.98. The third-order valence-electron chi connectivity index (χ3n) is 5.24. The summed E-state index contributed by atoms with van der Waals surface area (Å²) in [6.07, 6.45) is 9.79. The first kappa shape index (κ1) is 21.3. The zero-order chi connectivity index (χ0) is 20.5. The van der Waals surface area contributed by atoms with Crippen LogP contribution in [0.4, 0.5) is 0 Å². The fourth-order valence-corrected chi connectivity index (χ4v) is 3.67. The highest BCUT2D eigenvalue weighted by Gasteiger charge is 2.13. The van der Waals surface area contributed by atoms with Crippen molar-refractivity contribution in [1.82, 2.24) is 25.4 Å². The van der Waals surface area contributed by atoms with E-state index >= 15 is 0 Å². The van der Waals surface area contributed by atoms with Crippen LogP contribution in [-0.2, 0) is 11.3 Å². The summed E-state index contributed by atoms with van der Waals surface area (Å²) in [5.74, 6) is 1.63. The Balaban J connectivity index is 1.37. The lowest BCUT2D eigenvalue weighted by Crippen LogP contribution is -2.37. The molecule has 1 fully saturated rings. The van der Waals surface area contributed by atoms with Crippen LogP contribution in [0.5, 0.6) is 0 Å². The number of rotatable bonds is 8. The maximum Gasteiger partial charge on any atom is 0.191 e. The molecule has 1 aliphatic carbocycles. The van der Waals surface area contributed by atoms with Crippen molar-refractivity contribution < 1.29 is 4.74 Å². The SMILES string of the molecule is CN=C(NCCCOC1CCCCC1)NCc1ccc(-n2nc(C)cc2C)nc1. The van der Waals surface area contributed by atoms with Gasteiger partial charge in [-0.15, -0.1) is 0 Å². The number of nitrogens with one attached hydrogen (secondary N) is 2. The Bertz CT molecular complexity index is 777. The third-order valence-corrected chi connectivity index (χ3v) is 5.24. The van der Waals surface area contributed by atoms with E-state index in [1.165, 1.54) is 32.1 Å². The second-order valence-corrected chi connectivity index (χ2v) is 7.70. The molecular weight excluding hydrogens is 364 g/mol. The highest BCUT2D eigenvalue weighted by Crippen LogP contribution is 2.20. The number of hydrogen-bond acceptors (Lipinski definition) is 4. The number of pyridine rings is 1. The van der Waals surface area contributed by atoms with E-state index in [0.29, 0.717) is 12.6 Å². The first-order valence-electron chi connectivity index (χ1n) is 10.7. The first-order valence-corrected chi connectivity index (χ1v) is 10.7. The summed E-state index contributed by atoms with van der Waals surface area (Å²) in [5, 5.41) is 11.2. The molecule has 7 heteroatoms. The van der Waals surface area contributed by atoms with E-state index in [4.69, 9.17) is 4.74 Å². The van der Waals surface area contributed by atoms with Crippen LogP contribution in [0.1, 0.15) is 55.5 Å². The molecule has 0 aromatic carbocycles. The van der Waals surface area contributed by atoms with E-state index in [1.54, 1.807) is 7.05 Å². The van der Waals surface area contributed by atoms with Crippen molar-refractivity contribution in [3.05, 3.63) is 41.3 Å². The molecule has 0 saturated heterocycles. The smallest absolute Gasteiger partial charge is 0.191 e. The van der Waals surface area contributed by atoms with Crippen molar-refractivity contribution in [2.75, 3.05) is 20.2 Å². The van der Waals surface area contributed by atoms with Crippen molar-refractivity contribution >= 4 is 5.96 Å². The number of nitrogens with zero attached hydrogens (tertiary/aromatic N) is 4. The zero-order valence-electron chi connectivity index (χ0n) is 17.9. The second kappa shape index (κ2) is 11.0. The van der Waals surface area contributed by atoms with Crippen LogP contribution < -0.4 is 10.6 Å². The van der Waals surface area contributed by atoms with E-state index < -0.39 is 0 Å². The fourth-order valence-electron chi connectivity index (χ4n) is 3.67. The Hall–Kier alpha value is -2.41. The number of hydrogen-bond donors (Lipinski definition) is 2. The molecule has 0 bridgehead atoms. The quantitative estimate of drug-likeness (QED) is 0.405. The molecule has 2 aromatic heterocycles. The van der Waals surface area contributed by atoms with Crippen molar-refractivity contribution in [1.29, 1.82) is 0 Å². The van der Waals surface area contributed by atoms with Gasteiger partial charge in [-0.3, -0.25) is 4.99 Å². The minimum absolute atomic E-state index is 0.478. The Morgan fingerprint density at radius 2 is 2.03 bits per heavy atom. The van der Waals surface area contributed by atoms with E-state index in [-0.39, 0.29) is 0 Å². The maximum atomic E-state index is 5.97. The molecule has 1 saturated carbocycles. The first-order chi connectivity index (χ1) is 14.2. The highest BCUT2D eigenvalue weighted by molar-refractivity contribution is 5.79. The van der Waals surface area contributed by atoms with Crippen molar-refractivity contribution in [3.8, 4) is 5.82 Å². The van der Waals surface area contributed by atoms with E-state index in [0.717, 1.165) is 48.3 Å². The minimum atomic E-state index is 0.478. The monoisotopic (exact) mass is 398 g/mol. The van der Waals surface area contributed by atoms with Gasteiger partial charge >= 0.3 is 0 Å². The minimum Gasteiger partial charge on any atom is -0.378 e. The molecule has 0 amide bonds. The topological polar surface area (TPSA) is 76.4 Å². The number of aromatic nitrogens is 3. The van der Waals surface area contributed by atoms with E-state index in [2.05, 4.69) is 31.8 Å². The standard InChI is InChI=1S/C22H34N6O/c1-17-14-18(2)28(27-17)21-11-10-19(15-25-21)16-26-22(23-3)24-12-7-13-29-20-8-5-4-6-9-20/h10-11,14-15,20H,4-9,12-13,16H2,1-3H3,(H2,23,24,26). The van der Waals surface area contributed by atoms with Crippen LogP contribution in [-0.4, -0.2) is 47.0 Å². The van der Waals surface area contributed by atoms with Crippen molar-refractivity contribution in [3.63, 3.8) is 0 Å². The average Bonchev–Trinajstić information content (AvgIpc) is 3.09. The molecule has 0 unspecified atom stereocenters. The molecular formula is C22H34N6O. The van der Waals surface area contributed by atoms with Gasteiger partial charge in [0, 0.05) is 38.6 Å². The van der Waals surface area contributed by atoms with E-state index in [9.17, 15) is 0 Å². The van der Waals surface area contributed by atoms with Crippen LogP contribution >= 0.6 is 0 Å². The number of guanidine groups is 1. The Morgan fingerprint density at radius 3 is 2.69 bits per heavy atom. The molecule has 0 radical (unpaired) electrons. The van der Waals surface area contributed by atoms with Gasteiger partial charge in [0.25, 0.3) is 0 Å². The van der Waals surface area contributed by atoms with Gasteiger partial charge in [-0.2, -0.15) is 5.10 Å². The zero-order valence-corrected chi connectivity index (χ0v) is 17.9. The summed E-state index contributed by atoms with van der Waals surface area (Å²) in [7, 11) is 1.79. The number of ether oxygens (including phenoxy) is 1. The fraction of sp³-hybridized carbons (Fsp3) is 0.591. The van der Waals surface area contributed by atoms with Gasteiger partial charge in [0.1, 0.15) is 0 Å². The molecule has 2 aromatic rings. The molecule has 158 valence electrons.